The quantitative estimate of drug-likeness (QED) is 0.624. The van der Waals surface area contributed by atoms with Crippen LogP contribution in [-0.4, -0.2) is 4.98 Å². The molecule has 2 aromatic carbocycles. The molecule has 3 rings (SSSR count). The summed E-state index contributed by atoms with van der Waals surface area (Å²) in [7, 11) is 0. The van der Waals surface area contributed by atoms with Crippen molar-refractivity contribution >= 4 is 10.9 Å². The number of hydrogen-bond donors (Lipinski definition) is 1. The standard InChI is InChI=1S/C16H15N/c1-11-7-3-4-8-13(11)16-12(2)14-9-5-6-10-15(14)17-16/h3-10,17H,1-2H3. The Labute approximate surface area is 101 Å². The van der Waals surface area contributed by atoms with Crippen molar-refractivity contribution in [2.45, 2.75) is 13.8 Å². The second-order valence-electron chi connectivity index (χ2n) is 4.49. The van der Waals surface area contributed by atoms with Gasteiger partial charge in [0.2, 0.25) is 0 Å². The summed E-state index contributed by atoms with van der Waals surface area (Å²) in [5, 5.41) is 1.31. The van der Waals surface area contributed by atoms with Gasteiger partial charge in [0.15, 0.2) is 0 Å². The molecule has 0 aliphatic rings. The predicted molar refractivity (Wildman–Crippen MR) is 73.2 cm³/mol. The van der Waals surface area contributed by atoms with Gasteiger partial charge in [0.25, 0.3) is 0 Å². The average molecular weight is 221 g/mol. The van der Waals surface area contributed by atoms with Gasteiger partial charge in [-0.25, -0.2) is 0 Å². The van der Waals surface area contributed by atoms with E-state index < -0.39 is 0 Å². The largest absolute Gasteiger partial charge is 0.354 e. The Morgan fingerprint density at radius 2 is 1.53 bits per heavy atom. The van der Waals surface area contributed by atoms with Gasteiger partial charge in [-0.1, -0.05) is 42.5 Å². The van der Waals surface area contributed by atoms with Crippen molar-refractivity contribution in [2.24, 2.45) is 0 Å². The predicted octanol–water partition coefficient (Wildman–Crippen LogP) is 4.45. The van der Waals surface area contributed by atoms with Gasteiger partial charge in [-0.05, 0) is 31.0 Å². The Balaban J connectivity index is 2.32. The molecule has 0 aliphatic carbocycles. The molecule has 0 radical (unpaired) electrons. The van der Waals surface area contributed by atoms with E-state index in [1.807, 2.05) is 0 Å². The van der Waals surface area contributed by atoms with Gasteiger partial charge in [-0.15, -0.1) is 0 Å². The number of nitrogens with one attached hydrogen (secondary N) is 1. The first-order valence-electron chi connectivity index (χ1n) is 5.90. The Morgan fingerprint density at radius 3 is 2.29 bits per heavy atom. The molecule has 0 atom stereocenters. The van der Waals surface area contributed by atoms with E-state index in [0.717, 1.165) is 0 Å². The highest BCUT2D eigenvalue weighted by Gasteiger charge is 2.09. The van der Waals surface area contributed by atoms with E-state index in [0.29, 0.717) is 0 Å². The molecular weight excluding hydrogens is 206 g/mol. The van der Waals surface area contributed by atoms with Crippen LogP contribution >= 0.6 is 0 Å². The van der Waals surface area contributed by atoms with Crippen LogP contribution in [0.4, 0.5) is 0 Å². The van der Waals surface area contributed by atoms with Crippen LogP contribution in [0, 0.1) is 13.8 Å². The smallest absolute Gasteiger partial charge is 0.0497 e. The third-order valence-electron chi connectivity index (χ3n) is 3.38. The van der Waals surface area contributed by atoms with E-state index in [-0.39, 0.29) is 0 Å². The molecule has 0 saturated heterocycles. The molecule has 1 heterocycles. The zero-order valence-electron chi connectivity index (χ0n) is 10.1. The average Bonchev–Trinajstić information content (AvgIpc) is 2.68. The molecule has 1 nitrogen and oxygen atoms in total. The number of para-hydroxylation sites is 1. The highest BCUT2D eigenvalue weighted by atomic mass is 14.7. The topological polar surface area (TPSA) is 15.8 Å². The van der Waals surface area contributed by atoms with Crippen molar-refractivity contribution in [2.75, 3.05) is 0 Å². The maximum absolute atomic E-state index is 3.52. The SMILES string of the molecule is Cc1ccccc1-c1[nH]c2ccccc2c1C. The molecular formula is C16H15N. The fourth-order valence-electron chi connectivity index (χ4n) is 2.40. The lowest BCUT2D eigenvalue weighted by atomic mass is 10.0. The Bertz CT molecular complexity index is 677. The highest BCUT2D eigenvalue weighted by molar-refractivity contribution is 5.90. The van der Waals surface area contributed by atoms with Crippen molar-refractivity contribution in [3.63, 3.8) is 0 Å². The van der Waals surface area contributed by atoms with Crippen molar-refractivity contribution in [1.29, 1.82) is 0 Å². The monoisotopic (exact) mass is 221 g/mol. The van der Waals surface area contributed by atoms with Crippen molar-refractivity contribution in [3.8, 4) is 11.3 Å². The number of hydrogen-bond acceptors (Lipinski definition) is 0. The first-order valence-corrected chi connectivity index (χ1v) is 5.90. The van der Waals surface area contributed by atoms with E-state index in [1.165, 1.54) is 33.3 Å². The van der Waals surface area contributed by atoms with Crippen LogP contribution in [0.3, 0.4) is 0 Å². The molecule has 1 heteroatoms. The second kappa shape index (κ2) is 3.77. The molecule has 17 heavy (non-hydrogen) atoms. The maximum atomic E-state index is 3.52. The molecule has 0 amide bonds. The summed E-state index contributed by atoms with van der Waals surface area (Å²) in [5.74, 6) is 0. The van der Waals surface area contributed by atoms with Gasteiger partial charge in [0.1, 0.15) is 0 Å². The number of rotatable bonds is 1. The Hall–Kier alpha value is -2.02. The molecule has 0 bridgehead atoms. The first-order chi connectivity index (χ1) is 8.27. The van der Waals surface area contributed by atoms with Crippen LogP contribution < -0.4 is 0 Å². The zero-order valence-corrected chi connectivity index (χ0v) is 10.1. The lowest BCUT2D eigenvalue weighted by Gasteiger charge is -2.04. The number of H-pyrrole nitrogens is 1. The Kier molecular flexibility index (Phi) is 2.25. The number of aromatic nitrogens is 1. The molecule has 84 valence electrons. The summed E-state index contributed by atoms with van der Waals surface area (Å²) in [5.41, 5.74) is 6.38. The minimum absolute atomic E-state index is 1.21. The minimum atomic E-state index is 1.21. The normalized spacial score (nSPS) is 10.9. The summed E-state index contributed by atoms with van der Waals surface area (Å²) in [6, 6.07) is 17.0. The lowest BCUT2D eigenvalue weighted by molar-refractivity contribution is 1.36. The fourth-order valence-corrected chi connectivity index (χ4v) is 2.40. The van der Waals surface area contributed by atoms with Gasteiger partial charge >= 0.3 is 0 Å². The number of aryl methyl sites for hydroxylation is 2. The van der Waals surface area contributed by atoms with Crippen LogP contribution in [0.15, 0.2) is 48.5 Å². The molecule has 0 unspecified atom stereocenters. The van der Waals surface area contributed by atoms with Crippen LogP contribution in [0.5, 0.6) is 0 Å². The summed E-state index contributed by atoms with van der Waals surface area (Å²) >= 11 is 0. The molecule has 1 aromatic heterocycles. The van der Waals surface area contributed by atoms with E-state index in [9.17, 15) is 0 Å². The third kappa shape index (κ3) is 1.55. The number of benzene rings is 2. The molecule has 1 N–H and O–H groups in total. The van der Waals surface area contributed by atoms with Gasteiger partial charge in [0.05, 0.1) is 0 Å². The Morgan fingerprint density at radius 1 is 0.824 bits per heavy atom. The molecule has 0 spiro atoms. The van der Waals surface area contributed by atoms with E-state index in [1.54, 1.807) is 0 Å². The number of aromatic amines is 1. The van der Waals surface area contributed by atoms with Crippen molar-refractivity contribution in [1.82, 2.24) is 4.98 Å². The molecule has 0 fully saturated rings. The van der Waals surface area contributed by atoms with Crippen LogP contribution in [0.2, 0.25) is 0 Å². The van der Waals surface area contributed by atoms with E-state index in [4.69, 9.17) is 0 Å². The van der Waals surface area contributed by atoms with E-state index >= 15 is 0 Å². The van der Waals surface area contributed by atoms with Crippen molar-refractivity contribution < 1.29 is 0 Å². The van der Waals surface area contributed by atoms with Gasteiger partial charge in [-0.2, -0.15) is 0 Å². The molecule has 3 aromatic rings. The molecule has 0 saturated carbocycles. The maximum Gasteiger partial charge on any atom is 0.0497 e. The van der Waals surface area contributed by atoms with Crippen molar-refractivity contribution in [3.05, 3.63) is 59.7 Å². The summed E-state index contributed by atoms with van der Waals surface area (Å²) in [4.78, 5) is 3.52. The van der Waals surface area contributed by atoms with Gasteiger partial charge < -0.3 is 4.98 Å². The van der Waals surface area contributed by atoms with Crippen LogP contribution in [0.25, 0.3) is 22.2 Å². The summed E-state index contributed by atoms with van der Waals surface area (Å²) < 4.78 is 0. The summed E-state index contributed by atoms with van der Waals surface area (Å²) in [6.45, 7) is 4.33. The van der Waals surface area contributed by atoms with E-state index in [2.05, 4.69) is 67.4 Å². The third-order valence-corrected chi connectivity index (χ3v) is 3.38. The minimum Gasteiger partial charge on any atom is -0.354 e. The summed E-state index contributed by atoms with van der Waals surface area (Å²) in [6.07, 6.45) is 0. The van der Waals surface area contributed by atoms with Crippen LogP contribution in [-0.2, 0) is 0 Å². The lowest BCUT2D eigenvalue weighted by Crippen LogP contribution is -1.84. The van der Waals surface area contributed by atoms with Gasteiger partial charge in [-0.3, -0.25) is 0 Å². The highest BCUT2D eigenvalue weighted by Crippen LogP contribution is 2.30. The van der Waals surface area contributed by atoms with Crippen LogP contribution in [0.1, 0.15) is 11.1 Å². The zero-order chi connectivity index (χ0) is 11.8. The first kappa shape index (κ1) is 10.2. The molecule has 0 aliphatic heterocycles. The van der Waals surface area contributed by atoms with Gasteiger partial charge in [0, 0.05) is 22.2 Å². The number of fused-ring (bicyclic) bond motifs is 1. The second-order valence-corrected chi connectivity index (χ2v) is 4.49. The fraction of sp³-hybridized carbons (Fsp3) is 0.125.